The highest BCUT2D eigenvalue weighted by Crippen LogP contribution is 2.21. The third-order valence-corrected chi connectivity index (χ3v) is 4.26. The lowest BCUT2D eigenvalue weighted by Gasteiger charge is -2.29. The Hall–Kier alpha value is -2.32. The highest BCUT2D eigenvalue weighted by molar-refractivity contribution is 5.92. The van der Waals surface area contributed by atoms with Gasteiger partial charge in [0, 0.05) is 24.1 Å². The van der Waals surface area contributed by atoms with Crippen molar-refractivity contribution in [1.29, 1.82) is 0 Å². The molecule has 1 aliphatic rings. The van der Waals surface area contributed by atoms with E-state index in [-0.39, 0.29) is 24.7 Å². The summed E-state index contributed by atoms with van der Waals surface area (Å²) >= 11 is 0. The Morgan fingerprint density at radius 1 is 1.36 bits per heavy atom. The second kappa shape index (κ2) is 8.17. The van der Waals surface area contributed by atoms with Gasteiger partial charge in [0.15, 0.2) is 0 Å². The van der Waals surface area contributed by atoms with Gasteiger partial charge in [-0.1, -0.05) is 0 Å². The molecule has 2 aromatic heterocycles. The van der Waals surface area contributed by atoms with Crippen molar-refractivity contribution in [3.63, 3.8) is 0 Å². The molecule has 0 spiro atoms. The number of rotatable bonds is 6. The number of nitrogens with zero attached hydrogens (tertiary/aromatic N) is 4. The van der Waals surface area contributed by atoms with Gasteiger partial charge in [-0.25, -0.2) is 15.0 Å². The van der Waals surface area contributed by atoms with Crippen molar-refractivity contribution in [2.24, 2.45) is 0 Å². The summed E-state index contributed by atoms with van der Waals surface area (Å²) in [5, 5.41) is 11.9. The summed E-state index contributed by atoms with van der Waals surface area (Å²) < 4.78 is 7.22. The maximum absolute atomic E-state index is 12.5. The molecule has 2 N–H and O–H groups in total. The molecule has 0 aliphatic heterocycles. The van der Waals surface area contributed by atoms with E-state index in [2.05, 4.69) is 20.3 Å². The molecule has 25 heavy (non-hydrogen) atoms. The first kappa shape index (κ1) is 17.5. The minimum absolute atomic E-state index is 0.0446. The zero-order valence-electron chi connectivity index (χ0n) is 14.3. The monoisotopic (exact) mass is 345 g/mol. The largest absolute Gasteiger partial charge is 0.394 e. The van der Waals surface area contributed by atoms with E-state index in [9.17, 15) is 4.79 Å². The molecule has 1 saturated carbocycles. The van der Waals surface area contributed by atoms with Gasteiger partial charge in [0.05, 0.1) is 19.3 Å². The van der Waals surface area contributed by atoms with Crippen molar-refractivity contribution in [2.45, 2.75) is 44.8 Å². The van der Waals surface area contributed by atoms with Gasteiger partial charge >= 0.3 is 0 Å². The Morgan fingerprint density at radius 2 is 2.16 bits per heavy atom. The fraction of sp³-hybridized carbons (Fsp3) is 0.529. The fourth-order valence-corrected chi connectivity index (χ4v) is 3.01. The van der Waals surface area contributed by atoms with Gasteiger partial charge in [-0.15, -0.1) is 0 Å². The predicted molar refractivity (Wildman–Crippen MR) is 90.4 cm³/mol. The van der Waals surface area contributed by atoms with Gasteiger partial charge in [-0.2, -0.15) is 0 Å². The van der Waals surface area contributed by atoms with Gasteiger partial charge in [0.25, 0.3) is 5.91 Å². The Balaban J connectivity index is 1.60. The van der Waals surface area contributed by atoms with Crippen molar-refractivity contribution in [2.75, 3.05) is 13.2 Å². The van der Waals surface area contributed by atoms with Crippen LogP contribution < -0.4 is 5.32 Å². The van der Waals surface area contributed by atoms with Crippen LogP contribution in [0.15, 0.2) is 24.8 Å². The first-order valence-electron chi connectivity index (χ1n) is 8.53. The molecular formula is C17H23N5O3. The summed E-state index contributed by atoms with van der Waals surface area (Å²) in [4.78, 5) is 25.2. The van der Waals surface area contributed by atoms with Crippen LogP contribution in [0.3, 0.4) is 0 Å². The molecule has 0 radical (unpaired) electrons. The van der Waals surface area contributed by atoms with E-state index in [1.54, 1.807) is 29.4 Å². The molecule has 0 unspecified atom stereocenters. The van der Waals surface area contributed by atoms with E-state index in [0.29, 0.717) is 18.2 Å². The second-order valence-electron chi connectivity index (χ2n) is 6.21. The van der Waals surface area contributed by atoms with E-state index in [1.807, 2.05) is 6.92 Å². The van der Waals surface area contributed by atoms with Crippen LogP contribution in [-0.4, -0.2) is 55.9 Å². The number of hydrogen-bond acceptors (Lipinski definition) is 6. The number of amides is 1. The van der Waals surface area contributed by atoms with E-state index >= 15 is 0 Å². The minimum Gasteiger partial charge on any atom is -0.394 e. The van der Waals surface area contributed by atoms with Crippen LogP contribution in [0.25, 0.3) is 5.95 Å². The first-order valence-corrected chi connectivity index (χ1v) is 8.53. The molecule has 1 fully saturated rings. The van der Waals surface area contributed by atoms with Crippen molar-refractivity contribution in [1.82, 2.24) is 24.8 Å². The molecule has 8 nitrogen and oxygen atoms in total. The van der Waals surface area contributed by atoms with E-state index in [1.165, 1.54) is 0 Å². The molecule has 0 atom stereocenters. The highest BCUT2D eigenvalue weighted by Gasteiger charge is 2.24. The lowest BCUT2D eigenvalue weighted by molar-refractivity contribution is 0.00424. The van der Waals surface area contributed by atoms with Crippen molar-refractivity contribution >= 4 is 5.91 Å². The summed E-state index contributed by atoms with van der Waals surface area (Å²) in [5.41, 5.74) is 1.08. The Labute approximate surface area is 146 Å². The highest BCUT2D eigenvalue weighted by atomic mass is 16.5. The Kier molecular flexibility index (Phi) is 5.72. The summed E-state index contributed by atoms with van der Waals surface area (Å²) in [7, 11) is 0. The maximum atomic E-state index is 12.5. The van der Waals surface area contributed by atoms with E-state index < -0.39 is 0 Å². The molecule has 0 bridgehead atoms. The summed E-state index contributed by atoms with van der Waals surface area (Å²) in [6.45, 7) is 2.25. The molecule has 2 heterocycles. The fourth-order valence-electron chi connectivity index (χ4n) is 3.01. The molecule has 0 aromatic carbocycles. The zero-order valence-corrected chi connectivity index (χ0v) is 14.3. The number of aliphatic hydroxyl groups excluding tert-OH is 1. The van der Waals surface area contributed by atoms with Crippen LogP contribution in [0.4, 0.5) is 0 Å². The average Bonchev–Trinajstić information content (AvgIpc) is 3.15. The lowest BCUT2D eigenvalue weighted by atomic mass is 9.93. The topological polar surface area (TPSA) is 102 Å². The molecule has 8 heteroatoms. The second-order valence-corrected chi connectivity index (χ2v) is 6.21. The minimum atomic E-state index is -0.188. The van der Waals surface area contributed by atoms with Gasteiger partial charge in [-0.05, 0) is 38.7 Å². The molecule has 2 aromatic rings. The van der Waals surface area contributed by atoms with Crippen LogP contribution >= 0.6 is 0 Å². The third-order valence-electron chi connectivity index (χ3n) is 4.26. The number of aromatic nitrogens is 4. The number of carbonyl (C=O) groups is 1. The van der Waals surface area contributed by atoms with E-state index in [4.69, 9.17) is 9.84 Å². The average molecular weight is 345 g/mol. The Morgan fingerprint density at radius 3 is 2.84 bits per heavy atom. The summed E-state index contributed by atoms with van der Waals surface area (Å²) in [6, 6.07) is 1.81. The lowest BCUT2D eigenvalue weighted by Crippen LogP contribution is -2.39. The summed E-state index contributed by atoms with van der Waals surface area (Å²) in [5.74, 6) is 0.246. The predicted octanol–water partition coefficient (Wildman–Crippen LogP) is 1.02. The number of imidazole rings is 1. The van der Waals surface area contributed by atoms with Crippen LogP contribution in [0.2, 0.25) is 0 Å². The Bertz CT molecular complexity index is 696. The van der Waals surface area contributed by atoms with Gasteiger partial charge in [0.1, 0.15) is 12.0 Å². The molecule has 3 rings (SSSR count). The number of aryl methyl sites for hydroxylation is 1. The zero-order chi connectivity index (χ0) is 17.6. The van der Waals surface area contributed by atoms with E-state index in [0.717, 1.165) is 31.4 Å². The number of hydrogen-bond donors (Lipinski definition) is 2. The summed E-state index contributed by atoms with van der Waals surface area (Å²) in [6.07, 6.45) is 8.65. The molecule has 1 aliphatic carbocycles. The quantitative estimate of drug-likeness (QED) is 0.810. The van der Waals surface area contributed by atoms with Crippen LogP contribution in [0.5, 0.6) is 0 Å². The number of aliphatic hydroxyl groups is 1. The van der Waals surface area contributed by atoms with Gasteiger partial charge in [0.2, 0.25) is 5.95 Å². The maximum Gasteiger partial charge on any atom is 0.270 e. The smallest absolute Gasteiger partial charge is 0.270 e. The first-order chi connectivity index (χ1) is 12.2. The van der Waals surface area contributed by atoms with Crippen LogP contribution in [0, 0.1) is 6.92 Å². The van der Waals surface area contributed by atoms with Crippen molar-refractivity contribution in [3.8, 4) is 5.95 Å². The molecule has 134 valence electrons. The van der Waals surface area contributed by atoms with Crippen LogP contribution in [-0.2, 0) is 4.74 Å². The third kappa shape index (κ3) is 4.61. The van der Waals surface area contributed by atoms with Crippen molar-refractivity contribution < 1.29 is 14.6 Å². The molecule has 1 amide bonds. The van der Waals surface area contributed by atoms with Crippen molar-refractivity contribution in [3.05, 3.63) is 36.2 Å². The normalized spacial score (nSPS) is 20.4. The van der Waals surface area contributed by atoms with Crippen LogP contribution in [0.1, 0.15) is 41.9 Å². The molecular weight excluding hydrogens is 322 g/mol. The number of nitrogens with one attached hydrogen (secondary N) is 1. The number of carbonyl (C=O) groups excluding carboxylic acids is 1. The number of ether oxygens (including phenoxy) is 1. The SMILES string of the molecule is Cc1cc(C(=O)N[C@H]2CC[C@H](OCCO)CC2)nc(-n2ccnc2)n1. The standard InChI is InChI=1S/C17H23N5O3/c1-12-10-15(21-17(19-12)22-7-6-18-11-22)16(24)20-13-2-4-14(5-3-13)25-9-8-23/h6-7,10-11,13-14,23H,2-5,8-9H2,1H3,(H,20,24)/t13-,14-. The van der Waals surface area contributed by atoms with Gasteiger partial charge in [-0.3, -0.25) is 9.36 Å². The van der Waals surface area contributed by atoms with Gasteiger partial charge < -0.3 is 15.2 Å². The molecule has 0 saturated heterocycles.